The number of nitrogens with zero attached hydrogens (tertiary/aromatic N) is 6. The highest BCUT2D eigenvalue weighted by molar-refractivity contribution is 5.91. The number of rotatable bonds is 3. The van der Waals surface area contributed by atoms with Crippen molar-refractivity contribution in [3.8, 4) is 0 Å². The molecular formula is C19H18FN7O2. The summed E-state index contributed by atoms with van der Waals surface area (Å²) in [6.45, 7) is 4.76. The maximum atomic E-state index is 13.8. The topological polar surface area (TPSA) is 101 Å². The molecule has 1 amide bonds. The molecule has 1 aromatic carbocycles. The van der Waals surface area contributed by atoms with E-state index in [1.807, 2.05) is 19.9 Å². The van der Waals surface area contributed by atoms with Crippen molar-refractivity contribution in [3.63, 3.8) is 0 Å². The fourth-order valence-corrected chi connectivity index (χ4v) is 3.61. The molecule has 1 atom stereocenters. The van der Waals surface area contributed by atoms with Crippen LogP contribution in [0.5, 0.6) is 0 Å². The number of aromatic nitrogens is 5. The molecular weight excluding hydrogens is 377 g/mol. The number of likely N-dealkylation sites (tertiary alicyclic amines) is 1. The van der Waals surface area contributed by atoms with Gasteiger partial charge in [0.1, 0.15) is 5.52 Å². The average molecular weight is 395 g/mol. The third-order valence-electron chi connectivity index (χ3n) is 4.98. The summed E-state index contributed by atoms with van der Waals surface area (Å²) in [4.78, 5) is 27.3. The van der Waals surface area contributed by atoms with Crippen LogP contribution in [0.1, 0.15) is 28.4 Å². The molecule has 4 heterocycles. The summed E-state index contributed by atoms with van der Waals surface area (Å²) in [7, 11) is 0. The Morgan fingerprint density at radius 2 is 2.14 bits per heavy atom. The molecule has 1 fully saturated rings. The van der Waals surface area contributed by atoms with Crippen LogP contribution >= 0.6 is 0 Å². The minimum atomic E-state index is -0.431. The number of nitrogens with one attached hydrogen (secondary N) is 1. The number of carbonyl (C=O) groups excluding carboxylic acids is 1. The first-order valence-corrected chi connectivity index (χ1v) is 9.30. The van der Waals surface area contributed by atoms with Gasteiger partial charge in [0.05, 0.1) is 0 Å². The van der Waals surface area contributed by atoms with Crippen molar-refractivity contribution >= 4 is 28.8 Å². The smallest absolute Gasteiger partial charge is 0.296 e. The molecule has 0 bridgehead atoms. The first kappa shape index (κ1) is 17.5. The van der Waals surface area contributed by atoms with E-state index in [2.05, 4.69) is 25.4 Å². The van der Waals surface area contributed by atoms with E-state index in [0.717, 1.165) is 11.4 Å². The first-order valence-electron chi connectivity index (χ1n) is 9.30. The molecule has 0 radical (unpaired) electrons. The molecule has 29 heavy (non-hydrogen) atoms. The minimum absolute atomic E-state index is 0.0609. The van der Waals surface area contributed by atoms with E-state index >= 15 is 0 Å². The second-order valence-corrected chi connectivity index (χ2v) is 7.17. The summed E-state index contributed by atoms with van der Waals surface area (Å²) in [6, 6.07) is 6.63. The van der Waals surface area contributed by atoms with Gasteiger partial charge in [-0.2, -0.15) is 9.97 Å². The van der Waals surface area contributed by atoms with Crippen LogP contribution in [0.2, 0.25) is 0 Å². The summed E-state index contributed by atoms with van der Waals surface area (Å²) in [5.41, 5.74) is 2.25. The third kappa shape index (κ3) is 3.06. The number of amides is 1. The van der Waals surface area contributed by atoms with Crippen LogP contribution in [0.25, 0.3) is 16.9 Å². The number of anilines is 1. The molecule has 1 N–H and O–H groups in total. The Kier molecular flexibility index (Phi) is 3.93. The molecule has 148 valence electrons. The SMILES string of the molecule is Cc1cc(C)n2nc(C(=O)N3CCC(Nc4nc5c(F)cccc5o4)C3)nc2n1. The summed E-state index contributed by atoms with van der Waals surface area (Å²) in [5.74, 6) is -0.149. The van der Waals surface area contributed by atoms with Crippen molar-refractivity contribution in [3.05, 3.63) is 47.3 Å². The lowest BCUT2D eigenvalue weighted by Gasteiger charge is -2.14. The summed E-state index contributed by atoms with van der Waals surface area (Å²) in [6.07, 6.45) is 0.705. The van der Waals surface area contributed by atoms with E-state index in [4.69, 9.17) is 4.42 Å². The van der Waals surface area contributed by atoms with Crippen molar-refractivity contribution in [1.82, 2.24) is 29.5 Å². The second kappa shape index (κ2) is 6.50. The van der Waals surface area contributed by atoms with E-state index < -0.39 is 5.82 Å². The summed E-state index contributed by atoms with van der Waals surface area (Å²) >= 11 is 0. The quantitative estimate of drug-likeness (QED) is 0.568. The zero-order valence-corrected chi connectivity index (χ0v) is 15.9. The maximum absolute atomic E-state index is 13.8. The lowest BCUT2D eigenvalue weighted by Crippen LogP contribution is -2.32. The average Bonchev–Trinajstić information content (AvgIpc) is 3.39. The Hall–Kier alpha value is -3.56. The van der Waals surface area contributed by atoms with Gasteiger partial charge in [0, 0.05) is 30.5 Å². The zero-order valence-electron chi connectivity index (χ0n) is 15.9. The number of carbonyl (C=O) groups is 1. The van der Waals surface area contributed by atoms with Crippen molar-refractivity contribution in [1.29, 1.82) is 0 Å². The molecule has 1 unspecified atom stereocenters. The number of hydrogen-bond donors (Lipinski definition) is 1. The highest BCUT2D eigenvalue weighted by Gasteiger charge is 2.30. The molecule has 4 aromatic rings. The van der Waals surface area contributed by atoms with Gasteiger partial charge in [-0.3, -0.25) is 4.79 Å². The standard InChI is InChI=1S/C19H18FN7O2/c1-10-8-11(2)27-18(21-10)24-16(25-27)17(28)26-7-6-12(9-26)22-19-23-15-13(20)4-3-5-14(15)29-19/h3-5,8,12H,6-7,9H2,1-2H3,(H,22,23). The Labute approximate surface area is 164 Å². The van der Waals surface area contributed by atoms with E-state index in [1.165, 1.54) is 6.07 Å². The Morgan fingerprint density at radius 1 is 1.28 bits per heavy atom. The highest BCUT2D eigenvalue weighted by Crippen LogP contribution is 2.23. The molecule has 5 rings (SSSR count). The van der Waals surface area contributed by atoms with Crippen molar-refractivity contribution in [2.24, 2.45) is 0 Å². The number of aryl methyl sites for hydroxylation is 2. The van der Waals surface area contributed by atoms with Gasteiger partial charge in [-0.05, 0) is 38.5 Å². The van der Waals surface area contributed by atoms with Gasteiger partial charge >= 0.3 is 0 Å². The van der Waals surface area contributed by atoms with Crippen LogP contribution in [0.4, 0.5) is 10.4 Å². The number of benzene rings is 1. The summed E-state index contributed by atoms with van der Waals surface area (Å²) in [5, 5.41) is 7.44. The van der Waals surface area contributed by atoms with Crippen LogP contribution in [-0.2, 0) is 0 Å². The highest BCUT2D eigenvalue weighted by atomic mass is 19.1. The van der Waals surface area contributed by atoms with Gasteiger partial charge in [0.15, 0.2) is 11.4 Å². The van der Waals surface area contributed by atoms with Gasteiger partial charge in [-0.15, -0.1) is 5.10 Å². The summed E-state index contributed by atoms with van der Waals surface area (Å²) < 4.78 is 20.9. The van der Waals surface area contributed by atoms with Crippen molar-refractivity contribution < 1.29 is 13.6 Å². The second-order valence-electron chi connectivity index (χ2n) is 7.17. The Balaban J connectivity index is 1.31. The fraction of sp³-hybridized carbons (Fsp3) is 0.316. The van der Waals surface area contributed by atoms with E-state index in [1.54, 1.807) is 21.5 Å². The van der Waals surface area contributed by atoms with Crippen molar-refractivity contribution in [2.75, 3.05) is 18.4 Å². The van der Waals surface area contributed by atoms with Gasteiger partial charge in [-0.1, -0.05) is 6.07 Å². The number of hydrogen-bond acceptors (Lipinski definition) is 7. The molecule has 0 saturated carbocycles. The molecule has 0 aliphatic carbocycles. The van der Waals surface area contributed by atoms with Crippen LogP contribution in [0, 0.1) is 19.7 Å². The van der Waals surface area contributed by atoms with Gasteiger partial charge in [0.2, 0.25) is 5.82 Å². The Bertz CT molecular complexity index is 1250. The molecule has 3 aromatic heterocycles. The van der Waals surface area contributed by atoms with Gasteiger partial charge in [0.25, 0.3) is 17.7 Å². The van der Waals surface area contributed by atoms with Gasteiger partial charge in [-0.25, -0.2) is 13.9 Å². The zero-order chi connectivity index (χ0) is 20.1. The molecule has 10 heteroatoms. The normalized spacial score (nSPS) is 16.8. The lowest BCUT2D eigenvalue weighted by molar-refractivity contribution is 0.0779. The molecule has 1 aliphatic rings. The lowest BCUT2D eigenvalue weighted by atomic mass is 10.3. The third-order valence-corrected chi connectivity index (χ3v) is 4.98. The molecule has 9 nitrogen and oxygen atoms in total. The van der Waals surface area contributed by atoms with E-state index in [0.29, 0.717) is 30.9 Å². The monoisotopic (exact) mass is 395 g/mol. The van der Waals surface area contributed by atoms with Gasteiger partial charge < -0.3 is 14.6 Å². The minimum Gasteiger partial charge on any atom is -0.423 e. The molecule has 1 aliphatic heterocycles. The van der Waals surface area contributed by atoms with E-state index in [9.17, 15) is 9.18 Å². The molecule has 1 saturated heterocycles. The molecule has 0 spiro atoms. The first-order chi connectivity index (χ1) is 14.0. The number of para-hydroxylation sites is 1. The van der Waals surface area contributed by atoms with Crippen LogP contribution < -0.4 is 5.32 Å². The predicted molar refractivity (Wildman–Crippen MR) is 102 cm³/mol. The van der Waals surface area contributed by atoms with Crippen LogP contribution in [0.15, 0.2) is 28.7 Å². The predicted octanol–water partition coefficient (Wildman–Crippen LogP) is 2.35. The number of fused-ring (bicyclic) bond motifs is 2. The Morgan fingerprint density at radius 3 is 2.97 bits per heavy atom. The number of oxazole rings is 1. The number of halogens is 1. The van der Waals surface area contributed by atoms with E-state index in [-0.39, 0.29) is 29.3 Å². The van der Waals surface area contributed by atoms with Crippen molar-refractivity contribution in [2.45, 2.75) is 26.3 Å². The largest absolute Gasteiger partial charge is 0.423 e. The van der Waals surface area contributed by atoms with Crippen LogP contribution in [0.3, 0.4) is 0 Å². The fourth-order valence-electron chi connectivity index (χ4n) is 3.61. The van der Waals surface area contributed by atoms with Crippen LogP contribution in [-0.4, -0.2) is 54.5 Å². The maximum Gasteiger partial charge on any atom is 0.296 e.